The summed E-state index contributed by atoms with van der Waals surface area (Å²) in [5.74, 6) is 0.412. The maximum Gasteiger partial charge on any atom is 0.334 e. The molecule has 3 heteroatoms. The summed E-state index contributed by atoms with van der Waals surface area (Å²) in [5.41, 5.74) is 0. The van der Waals surface area contributed by atoms with E-state index in [9.17, 15) is 4.79 Å². The van der Waals surface area contributed by atoms with Gasteiger partial charge in [0.2, 0.25) is 0 Å². The highest BCUT2D eigenvalue weighted by Crippen LogP contribution is 2.23. The number of rotatable bonds is 3. The zero-order valence-electron chi connectivity index (χ0n) is 8.66. The zero-order chi connectivity index (χ0) is 10.4. The summed E-state index contributed by atoms with van der Waals surface area (Å²) in [5, 5.41) is 0. The van der Waals surface area contributed by atoms with Crippen molar-refractivity contribution in [2.24, 2.45) is 0 Å². The molecule has 0 aromatic carbocycles. The Balaban J connectivity index is 2.44. The zero-order valence-corrected chi connectivity index (χ0v) is 8.66. The van der Waals surface area contributed by atoms with Gasteiger partial charge in [0.1, 0.15) is 11.9 Å². The molecule has 0 aromatic rings. The second kappa shape index (κ2) is 5.47. The van der Waals surface area contributed by atoms with Crippen LogP contribution < -0.4 is 0 Å². The van der Waals surface area contributed by atoms with Crippen molar-refractivity contribution < 1.29 is 14.3 Å². The lowest BCUT2D eigenvalue weighted by Gasteiger charge is -2.04. The quantitative estimate of drug-likeness (QED) is 0.394. The SMILES string of the molecule is C/C=C/C1CC/C(=C\C(=O)OCC)O1. The smallest absolute Gasteiger partial charge is 0.334 e. The fourth-order valence-electron chi connectivity index (χ4n) is 1.37. The number of hydrogen-bond acceptors (Lipinski definition) is 3. The highest BCUT2D eigenvalue weighted by atomic mass is 16.5. The third-order valence-corrected chi connectivity index (χ3v) is 1.95. The first-order valence-electron chi connectivity index (χ1n) is 4.93. The lowest BCUT2D eigenvalue weighted by Crippen LogP contribution is -2.02. The van der Waals surface area contributed by atoms with Gasteiger partial charge in [0.05, 0.1) is 12.7 Å². The van der Waals surface area contributed by atoms with Crippen LogP contribution in [0.15, 0.2) is 24.0 Å². The van der Waals surface area contributed by atoms with E-state index in [4.69, 9.17) is 9.47 Å². The van der Waals surface area contributed by atoms with Crippen molar-refractivity contribution >= 4 is 5.97 Å². The second-order valence-electron chi connectivity index (χ2n) is 3.08. The van der Waals surface area contributed by atoms with Crippen LogP contribution in [0.4, 0.5) is 0 Å². The molecule has 78 valence electrons. The molecule has 0 saturated carbocycles. The Labute approximate surface area is 84.4 Å². The van der Waals surface area contributed by atoms with E-state index in [2.05, 4.69) is 0 Å². The monoisotopic (exact) mass is 196 g/mol. The molecule has 0 aliphatic carbocycles. The van der Waals surface area contributed by atoms with Gasteiger partial charge in [-0.3, -0.25) is 0 Å². The summed E-state index contributed by atoms with van der Waals surface area (Å²) in [6, 6.07) is 0. The summed E-state index contributed by atoms with van der Waals surface area (Å²) >= 11 is 0. The molecule has 1 fully saturated rings. The molecule has 3 nitrogen and oxygen atoms in total. The summed E-state index contributed by atoms with van der Waals surface area (Å²) in [6.45, 7) is 4.14. The highest BCUT2D eigenvalue weighted by molar-refractivity contribution is 5.82. The number of carbonyl (C=O) groups is 1. The maximum atomic E-state index is 11.1. The van der Waals surface area contributed by atoms with Gasteiger partial charge in [-0.15, -0.1) is 0 Å². The van der Waals surface area contributed by atoms with Crippen LogP contribution in [0.1, 0.15) is 26.7 Å². The normalized spacial score (nSPS) is 24.1. The van der Waals surface area contributed by atoms with Gasteiger partial charge in [-0.2, -0.15) is 0 Å². The van der Waals surface area contributed by atoms with Gasteiger partial charge in [-0.1, -0.05) is 6.08 Å². The highest BCUT2D eigenvalue weighted by Gasteiger charge is 2.18. The minimum absolute atomic E-state index is 0.126. The average molecular weight is 196 g/mol. The van der Waals surface area contributed by atoms with Crippen LogP contribution in [-0.2, 0) is 14.3 Å². The van der Waals surface area contributed by atoms with Crippen LogP contribution in [-0.4, -0.2) is 18.7 Å². The fraction of sp³-hybridized carbons (Fsp3) is 0.545. The molecule has 0 radical (unpaired) electrons. The van der Waals surface area contributed by atoms with Crippen molar-refractivity contribution in [3.63, 3.8) is 0 Å². The van der Waals surface area contributed by atoms with Crippen molar-refractivity contribution in [3.05, 3.63) is 24.0 Å². The molecule has 1 atom stereocenters. The summed E-state index contributed by atoms with van der Waals surface area (Å²) in [4.78, 5) is 11.1. The van der Waals surface area contributed by atoms with Crippen LogP contribution in [0.25, 0.3) is 0 Å². The van der Waals surface area contributed by atoms with Crippen molar-refractivity contribution in [3.8, 4) is 0 Å². The Kier molecular flexibility index (Phi) is 4.23. The number of allylic oxidation sites excluding steroid dienone is 2. The Morgan fingerprint density at radius 3 is 3.14 bits per heavy atom. The number of hydrogen-bond donors (Lipinski definition) is 0. The van der Waals surface area contributed by atoms with E-state index in [0.29, 0.717) is 6.61 Å². The molecule has 1 heterocycles. The van der Waals surface area contributed by atoms with Crippen molar-refractivity contribution in [1.29, 1.82) is 0 Å². The van der Waals surface area contributed by atoms with Crippen LogP contribution >= 0.6 is 0 Å². The van der Waals surface area contributed by atoms with Crippen LogP contribution in [0.5, 0.6) is 0 Å². The molecular weight excluding hydrogens is 180 g/mol. The second-order valence-corrected chi connectivity index (χ2v) is 3.08. The molecule has 0 N–H and O–H groups in total. The van der Waals surface area contributed by atoms with Crippen molar-refractivity contribution in [2.75, 3.05) is 6.61 Å². The number of esters is 1. The first-order chi connectivity index (χ1) is 6.76. The summed E-state index contributed by atoms with van der Waals surface area (Å²) in [6.07, 6.45) is 7.26. The molecule has 1 unspecified atom stereocenters. The molecule has 1 saturated heterocycles. The van der Waals surface area contributed by atoms with Gasteiger partial charge in [-0.25, -0.2) is 4.79 Å². The average Bonchev–Trinajstić information content (AvgIpc) is 2.53. The van der Waals surface area contributed by atoms with Gasteiger partial charge in [-0.05, 0) is 26.3 Å². The lowest BCUT2D eigenvalue weighted by atomic mass is 10.2. The van der Waals surface area contributed by atoms with Gasteiger partial charge < -0.3 is 9.47 Å². The van der Waals surface area contributed by atoms with E-state index in [1.165, 1.54) is 6.08 Å². The topological polar surface area (TPSA) is 35.5 Å². The molecule has 1 aliphatic rings. The third kappa shape index (κ3) is 3.24. The van der Waals surface area contributed by atoms with E-state index >= 15 is 0 Å². The lowest BCUT2D eigenvalue weighted by molar-refractivity contribution is -0.137. The molecule has 0 bridgehead atoms. The van der Waals surface area contributed by atoms with E-state index in [0.717, 1.165) is 18.6 Å². The summed E-state index contributed by atoms with van der Waals surface area (Å²) in [7, 11) is 0. The Bertz CT molecular complexity index is 253. The molecule has 1 rings (SSSR count). The van der Waals surface area contributed by atoms with Crippen molar-refractivity contribution in [2.45, 2.75) is 32.8 Å². The van der Waals surface area contributed by atoms with E-state index in [-0.39, 0.29) is 12.1 Å². The summed E-state index contributed by atoms with van der Waals surface area (Å²) < 4.78 is 10.3. The maximum absolute atomic E-state index is 11.1. The van der Waals surface area contributed by atoms with Crippen LogP contribution in [0.2, 0.25) is 0 Å². The predicted molar refractivity (Wildman–Crippen MR) is 53.6 cm³/mol. The minimum Gasteiger partial charge on any atom is -0.490 e. The van der Waals surface area contributed by atoms with Crippen LogP contribution in [0, 0.1) is 0 Å². The standard InChI is InChI=1S/C11H16O3/c1-3-5-9-6-7-10(14-9)8-11(12)13-4-2/h3,5,8-9H,4,6-7H2,1-2H3/b5-3+,10-8+. The molecule has 0 amide bonds. The van der Waals surface area contributed by atoms with Gasteiger partial charge in [0, 0.05) is 6.42 Å². The number of ether oxygens (including phenoxy) is 2. The van der Waals surface area contributed by atoms with Gasteiger partial charge >= 0.3 is 5.97 Å². The minimum atomic E-state index is -0.316. The first kappa shape index (κ1) is 10.8. The van der Waals surface area contributed by atoms with E-state index < -0.39 is 0 Å². The van der Waals surface area contributed by atoms with Crippen LogP contribution in [0.3, 0.4) is 0 Å². The van der Waals surface area contributed by atoms with E-state index in [1.54, 1.807) is 6.92 Å². The van der Waals surface area contributed by atoms with Crippen molar-refractivity contribution in [1.82, 2.24) is 0 Å². The molecule has 0 aromatic heterocycles. The van der Waals surface area contributed by atoms with Gasteiger partial charge in [0.25, 0.3) is 0 Å². The molecule has 1 aliphatic heterocycles. The largest absolute Gasteiger partial charge is 0.490 e. The van der Waals surface area contributed by atoms with Gasteiger partial charge in [0.15, 0.2) is 0 Å². The Hall–Kier alpha value is -1.25. The predicted octanol–water partition coefficient (Wildman–Crippen LogP) is 2.19. The molecule has 14 heavy (non-hydrogen) atoms. The Morgan fingerprint density at radius 1 is 1.71 bits per heavy atom. The first-order valence-corrected chi connectivity index (χ1v) is 4.93. The van der Waals surface area contributed by atoms with E-state index in [1.807, 2.05) is 19.1 Å². The third-order valence-electron chi connectivity index (χ3n) is 1.95. The fourth-order valence-corrected chi connectivity index (χ4v) is 1.37. The number of carbonyl (C=O) groups excluding carboxylic acids is 1. The molecular formula is C11H16O3. The molecule has 0 spiro atoms. The Morgan fingerprint density at radius 2 is 2.50 bits per heavy atom.